The third-order valence-corrected chi connectivity index (χ3v) is 4.69. The smallest absolute Gasteiger partial charge is 0.231 e. The van der Waals surface area contributed by atoms with E-state index in [1.807, 2.05) is 17.4 Å². The van der Waals surface area contributed by atoms with Crippen molar-refractivity contribution in [3.8, 4) is 11.5 Å². The third kappa shape index (κ3) is 3.39. The Balaban J connectivity index is 1.57. The summed E-state index contributed by atoms with van der Waals surface area (Å²) in [6.45, 7) is 5.82. The van der Waals surface area contributed by atoms with Gasteiger partial charge in [-0.2, -0.15) is 0 Å². The molecule has 3 rings (SSSR count). The molecule has 112 valence electrons. The number of rotatable bonds is 6. The van der Waals surface area contributed by atoms with Crippen LogP contribution in [0.15, 0.2) is 35.7 Å². The van der Waals surface area contributed by atoms with Crippen molar-refractivity contribution in [3.63, 3.8) is 0 Å². The van der Waals surface area contributed by atoms with E-state index in [9.17, 15) is 0 Å². The maximum atomic E-state index is 5.42. The number of fused-ring (bicyclic) bond motifs is 1. The van der Waals surface area contributed by atoms with Crippen molar-refractivity contribution in [2.75, 3.05) is 13.3 Å². The van der Waals surface area contributed by atoms with Crippen LogP contribution in [0.3, 0.4) is 0 Å². The molecular formula is C17H21NO2S. The zero-order valence-electron chi connectivity index (χ0n) is 12.5. The maximum Gasteiger partial charge on any atom is 0.231 e. The zero-order valence-corrected chi connectivity index (χ0v) is 13.3. The average Bonchev–Trinajstić information content (AvgIpc) is 3.13. The van der Waals surface area contributed by atoms with Gasteiger partial charge in [-0.3, -0.25) is 0 Å². The first-order valence-corrected chi connectivity index (χ1v) is 8.27. The molecule has 1 aliphatic rings. The van der Waals surface area contributed by atoms with Gasteiger partial charge in [-0.15, -0.1) is 11.3 Å². The summed E-state index contributed by atoms with van der Waals surface area (Å²) in [7, 11) is 0. The van der Waals surface area contributed by atoms with E-state index in [2.05, 4.69) is 48.8 Å². The van der Waals surface area contributed by atoms with E-state index in [4.69, 9.17) is 9.47 Å². The van der Waals surface area contributed by atoms with Crippen LogP contribution in [0, 0.1) is 5.92 Å². The summed E-state index contributed by atoms with van der Waals surface area (Å²) < 4.78 is 10.8. The second kappa shape index (κ2) is 6.50. The van der Waals surface area contributed by atoms with Crippen LogP contribution < -0.4 is 14.8 Å². The molecule has 0 aliphatic carbocycles. The highest BCUT2D eigenvalue weighted by atomic mass is 32.1. The average molecular weight is 303 g/mol. The van der Waals surface area contributed by atoms with Gasteiger partial charge in [0.05, 0.1) is 0 Å². The van der Waals surface area contributed by atoms with Crippen molar-refractivity contribution >= 4 is 11.3 Å². The molecule has 0 amide bonds. The predicted octanol–water partition coefficient (Wildman–Crippen LogP) is 4.01. The molecule has 0 radical (unpaired) electrons. The number of nitrogens with one attached hydrogen (secondary N) is 1. The molecule has 0 saturated carbocycles. The van der Waals surface area contributed by atoms with Gasteiger partial charge in [0, 0.05) is 10.9 Å². The minimum absolute atomic E-state index is 0.338. The lowest BCUT2D eigenvalue weighted by atomic mass is 10.0. The Kier molecular flexibility index (Phi) is 4.46. The van der Waals surface area contributed by atoms with Crippen molar-refractivity contribution in [2.24, 2.45) is 5.92 Å². The Morgan fingerprint density at radius 1 is 1.19 bits per heavy atom. The number of ether oxygens (including phenoxy) is 2. The molecule has 1 aromatic carbocycles. The predicted molar refractivity (Wildman–Crippen MR) is 86.2 cm³/mol. The molecule has 1 aromatic heterocycles. The van der Waals surface area contributed by atoms with Gasteiger partial charge < -0.3 is 14.8 Å². The first-order valence-electron chi connectivity index (χ1n) is 7.39. The van der Waals surface area contributed by atoms with Gasteiger partial charge in [0.25, 0.3) is 0 Å². The number of hydrogen-bond donors (Lipinski definition) is 1. The third-order valence-electron chi connectivity index (χ3n) is 3.73. The van der Waals surface area contributed by atoms with Crippen molar-refractivity contribution in [3.05, 3.63) is 46.2 Å². The number of benzene rings is 1. The van der Waals surface area contributed by atoms with E-state index in [1.54, 1.807) is 0 Å². The Hall–Kier alpha value is -1.52. The van der Waals surface area contributed by atoms with E-state index < -0.39 is 0 Å². The number of hydrogen-bond acceptors (Lipinski definition) is 4. The molecule has 3 nitrogen and oxygen atoms in total. The van der Waals surface area contributed by atoms with E-state index in [1.165, 1.54) is 10.4 Å². The quantitative estimate of drug-likeness (QED) is 0.874. The fourth-order valence-electron chi connectivity index (χ4n) is 2.60. The van der Waals surface area contributed by atoms with Crippen molar-refractivity contribution in [2.45, 2.75) is 26.3 Å². The second-order valence-corrected chi connectivity index (χ2v) is 6.61. The normalized spacial score (nSPS) is 14.6. The topological polar surface area (TPSA) is 30.5 Å². The fraction of sp³-hybridized carbons (Fsp3) is 0.412. The SMILES string of the molecule is CC(C)[C@@H](NCCc1ccc2c(c1)OCO2)c1cccs1. The van der Waals surface area contributed by atoms with Crippen LogP contribution in [0.25, 0.3) is 0 Å². The van der Waals surface area contributed by atoms with Crippen LogP contribution in [0.2, 0.25) is 0 Å². The lowest BCUT2D eigenvalue weighted by Crippen LogP contribution is -2.27. The summed E-state index contributed by atoms with van der Waals surface area (Å²) >= 11 is 1.82. The summed E-state index contributed by atoms with van der Waals surface area (Å²) in [5.41, 5.74) is 1.28. The molecule has 1 N–H and O–H groups in total. The van der Waals surface area contributed by atoms with Crippen LogP contribution in [0.4, 0.5) is 0 Å². The van der Waals surface area contributed by atoms with Gasteiger partial charge in [0.2, 0.25) is 6.79 Å². The molecule has 21 heavy (non-hydrogen) atoms. The van der Waals surface area contributed by atoms with Gasteiger partial charge in [-0.05, 0) is 48.0 Å². The summed E-state index contributed by atoms with van der Waals surface area (Å²) in [5, 5.41) is 5.82. The van der Waals surface area contributed by atoms with E-state index >= 15 is 0 Å². The van der Waals surface area contributed by atoms with Crippen LogP contribution in [0.5, 0.6) is 11.5 Å². The highest BCUT2D eigenvalue weighted by Gasteiger charge is 2.16. The van der Waals surface area contributed by atoms with Crippen LogP contribution in [0.1, 0.15) is 30.3 Å². The van der Waals surface area contributed by atoms with E-state index in [0.717, 1.165) is 24.5 Å². The number of thiophene rings is 1. The van der Waals surface area contributed by atoms with Crippen LogP contribution in [-0.4, -0.2) is 13.3 Å². The molecule has 0 unspecified atom stereocenters. The molecule has 1 atom stereocenters. The van der Waals surface area contributed by atoms with Crippen LogP contribution in [-0.2, 0) is 6.42 Å². The lowest BCUT2D eigenvalue weighted by Gasteiger charge is -2.21. The highest BCUT2D eigenvalue weighted by molar-refractivity contribution is 7.10. The first kappa shape index (κ1) is 14.4. The molecule has 2 aromatic rings. The van der Waals surface area contributed by atoms with Gasteiger partial charge in [-0.25, -0.2) is 0 Å². The molecule has 0 bridgehead atoms. The molecule has 4 heteroatoms. The second-order valence-electron chi connectivity index (χ2n) is 5.63. The molecular weight excluding hydrogens is 282 g/mol. The van der Waals surface area contributed by atoms with E-state index in [0.29, 0.717) is 18.8 Å². The summed E-state index contributed by atoms with van der Waals surface area (Å²) in [4.78, 5) is 1.41. The maximum absolute atomic E-state index is 5.42. The Labute approximate surface area is 129 Å². The first-order chi connectivity index (χ1) is 10.2. The van der Waals surface area contributed by atoms with Gasteiger partial charge in [-0.1, -0.05) is 26.0 Å². The van der Waals surface area contributed by atoms with E-state index in [-0.39, 0.29) is 0 Å². The Morgan fingerprint density at radius 2 is 2.05 bits per heavy atom. The Morgan fingerprint density at radius 3 is 2.81 bits per heavy atom. The monoisotopic (exact) mass is 303 g/mol. The molecule has 1 aliphatic heterocycles. The zero-order chi connectivity index (χ0) is 14.7. The fourth-order valence-corrected chi connectivity index (χ4v) is 3.58. The highest BCUT2D eigenvalue weighted by Crippen LogP contribution is 2.32. The largest absolute Gasteiger partial charge is 0.454 e. The minimum atomic E-state index is 0.338. The van der Waals surface area contributed by atoms with Crippen molar-refractivity contribution < 1.29 is 9.47 Å². The molecule has 2 heterocycles. The standard InChI is InChI=1S/C17H21NO2S/c1-12(2)17(16-4-3-9-21-16)18-8-7-13-5-6-14-15(10-13)20-11-19-14/h3-6,9-10,12,17-18H,7-8,11H2,1-2H3/t17-/m1/s1. The summed E-state index contributed by atoms with van der Waals surface area (Å²) in [5.74, 6) is 2.30. The summed E-state index contributed by atoms with van der Waals surface area (Å²) in [6, 6.07) is 11.0. The van der Waals surface area contributed by atoms with Gasteiger partial charge >= 0.3 is 0 Å². The molecule has 0 spiro atoms. The van der Waals surface area contributed by atoms with Crippen molar-refractivity contribution in [1.82, 2.24) is 5.32 Å². The van der Waals surface area contributed by atoms with Crippen molar-refractivity contribution in [1.29, 1.82) is 0 Å². The summed E-state index contributed by atoms with van der Waals surface area (Å²) in [6.07, 6.45) is 0.991. The minimum Gasteiger partial charge on any atom is -0.454 e. The molecule has 0 saturated heterocycles. The van der Waals surface area contributed by atoms with Gasteiger partial charge in [0.15, 0.2) is 11.5 Å². The Bertz CT molecular complexity index is 580. The van der Waals surface area contributed by atoms with Gasteiger partial charge in [0.1, 0.15) is 0 Å². The van der Waals surface area contributed by atoms with Crippen LogP contribution >= 0.6 is 11.3 Å². The lowest BCUT2D eigenvalue weighted by molar-refractivity contribution is 0.174. The molecule has 0 fully saturated rings.